The van der Waals surface area contributed by atoms with Crippen molar-refractivity contribution >= 4 is 5.97 Å². The molecular formula is C20H26O4. The maximum Gasteiger partial charge on any atom is 0.302 e. The quantitative estimate of drug-likeness (QED) is 0.818. The van der Waals surface area contributed by atoms with Crippen LogP contribution in [0.5, 0.6) is 5.75 Å². The number of aliphatic hydroxyl groups excluding tert-OH is 1. The van der Waals surface area contributed by atoms with Crippen molar-refractivity contribution in [1.82, 2.24) is 0 Å². The summed E-state index contributed by atoms with van der Waals surface area (Å²) in [6.07, 6.45) is 5.79. The molecule has 1 aromatic carbocycles. The zero-order chi connectivity index (χ0) is 16.9. The molecule has 2 N–H and O–H groups in total. The van der Waals surface area contributed by atoms with Crippen molar-refractivity contribution in [3.05, 3.63) is 29.3 Å². The Balaban J connectivity index is 1.66. The highest BCUT2D eigenvalue weighted by molar-refractivity contribution is 5.66. The summed E-state index contributed by atoms with van der Waals surface area (Å²) in [7, 11) is 0. The Morgan fingerprint density at radius 1 is 1.29 bits per heavy atom. The number of aliphatic hydroxyl groups is 1. The number of ether oxygens (including phenoxy) is 1. The van der Waals surface area contributed by atoms with Gasteiger partial charge in [-0.3, -0.25) is 4.79 Å². The summed E-state index contributed by atoms with van der Waals surface area (Å²) in [5, 5.41) is 20.0. The zero-order valence-corrected chi connectivity index (χ0v) is 14.2. The summed E-state index contributed by atoms with van der Waals surface area (Å²) in [5.41, 5.74) is 2.41. The van der Waals surface area contributed by atoms with Gasteiger partial charge in [0.2, 0.25) is 0 Å². The van der Waals surface area contributed by atoms with Gasteiger partial charge in [-0.15, -0.1) is 0 Å². The fraction of sp³-hybridized carbons (Fsp3) is 0.650. The lowest BCUT2D eigenvalue weighted by Gasteiger charge is -2.51. The van der Waals surface area contributed by atoms with E-state index in [1.165, 1.54) is 18.1 Å². The highest BCUT2D eigenvalue weighted by Gasteiger charge is 2.58. The molecule has 2 saturated carbocycles. The van der Waals surface area contributed by atoms with Crippen LogP contribution >= 0.6 is 0 Å². The van der Waals surface area contributed by atoms with Gasteiger partial charge in [0.15, 0.2) is 0 Å². The Morgan fingerprint density at radius 2 is 2.12 bits per heavy atom. The smallest absolute Gasteiger partial charge is 0.302 e. The normalized spacial score (nSPS) is 37.2. The Bertz CT molecular complexity index is 655. The van der Waals surface area contributed by atoms with Gasteiger partial charge in [0.1, 0.15) is 11.9 Å². The minimum absolute atomic E-state index is 0.112. The molecule has 0 radical (unpaired) electrons. The molecule has 130 valence electrons. The second-order valence-corrected chi connectivity index (χ2v) is 7.90. The summed E-state index contributed by atoms with van der Waals surface area (Å²) in [6.45, 7) is 1.58. The first-order valence-corrected chi connectivity index (χ1v) is 9.15. The van der Waals surface area contributed by atoms with E-state index in [0.29, 0.717) is 23.5 Å². The van der Waals surface area contributed by atoms with E-state index in [1.54, 1.807) is 6.07 Å². The number of fused-ring (bicyclic) bond motifs is 5. The van der Waals surface area contributed by atoms with Crippen LogP contribution in [0.1, 0.15) is 56.1 Å². The number of hydrogen-bond acceptors (Lipinski definition) is 4. The minimum Gasteiger partial charge on any atom is -0.508 e. The molecule has 1 aromatic rings. The fourth-order valence-corrected chi connectivity index (χ4v) is 6.01. The number of rotatable bonds is 2. The summed E-state index contributed by atoms with van der Waals surface area (Å²) in [5.74, 6) is 1.59. The molecule has 5 atom stereocenters. The largest absolute Gasteiger partial charge is 0.508 e. The van der Waals surface area contributed by atoms with Crippen LogP contribution in [0.15, 0.2) is 18.2 Å². The number of esters is 1. The minimum atomic E-state index is -0.249. The molecule has 0 aliphatic heterocycles. The van der Waals surface area contributed by atoms with Crippen LogP contribution < -0.4 is 0 Å². The number of benzene rings is 1. The molecule has 0 heterocycles. The molecular weight excluding hydrogens is 304 g/mol. The van der Waals surface area contributed by atoms with Crippen molar-refractivity contribution in [2.45, 2.75) is 57.5 Å². The molecule has 4 rings (SSSR count). The van der Waals surface area contributed by atoms with Crippen molar-refractivity contribution in [2.75, 3.05) is 6.61 Å². The third-order valence-electron chi connectivity index (χ3n) is 6.95. The molecule has 0 amide bonds. The summed E-state index contributed by atoms with van der Waals surface area (Å²) in [4.78, 5) is 11.5. The van der Waals surface area contributed by atoms with Crippen molar-refractivity contribution in [1.29, 1.82) is 0 Å². The standard InChI is InChI=1S/C20H26O4/c1-12(22)24-19-7-6-18-17-4-2-13-10-14(23)3-5-15(13)16(17)8-9-20(18,19)11-21/h3,5,10,16-19,21,23H,2,4,6-9,11H2,1H3/t16-,17-,18+,19+,20-/m1/s1. The van der Waals surface area contributed by atoms with Gasteiger partial charge in [-0.25, -0.2) is 0 Å². The third kappa shape index (κ3) is 2.26. The number of aryl methyl sites for hydroxylation is 1. The summed E-state index contributed by atoms with van der Waals surface area (Å²) < 4.78 is 5.61. The monoisotopic (exact) mass is 330 g/mol. The van der Waals surface area contributed by atoms with Gasteiger partial charge < -0.3 is 14.9 Å². The average molecular weight is 330 g/mol. The van der Waals surface area contributed by atoms with Gasteiger partial charge in [-0.2, -0.15) is 0 Å². The number of carbonyl (C=O) groups excluding carboxylic acids is 1. The first-order valence-electron chi connectivity index (χ1n) is 9.15. The molecule has 4 nitrogen and oxygen atoms in total. The van der Waals surface area contributed by atoms with Crippen LogP contribution in [0.4, 0.5) is 0 Å². The lowest BCUT2D eigenvalue weighted by atomic mass is 9.55. The number of phenols is 1. The van der Waals surface area contributed by atoms with E-state index in [1.807, 2.05) is 6.07 Å². The Morgan fingerprint density at radius 3 is 2.88 bits per heavy atom. The van der Waals surface area contributed by atoms with Crippen molar-refractivity contribution in [2.24, 2.45) is 17.3 Å². The number of phenolic OH excluding ortho intramolecular Hbond substituents is 1. The van der Waals surface area contributed by atoms with E-state index in [0.717, 1.165) is 38.5 Å². The zero-order valence-electron chi connectivity index (χ0n) is 14.2. The first kappa shape index (κ1) is 15.9. The first-order chi connectivity index (χ1) is 11.5. The van der Waals surface area contributed by atoms with Crippen molar-refractivity contribution in [3.63, 3.8) is 0 Å². The Kier molecular flexibility index (Phi) is 3.83. The van der Waals surface area contributed by atoms with Crippen molar-refractivity contribution in [3.8, 4) is 5.75 Å². The molecule has 0 spiro atoms. The maximum absolute atomic E-state index is 11.5. The lowest BCUT2D eigenvalue weighted by molar-refractivity contribution is -0.159. The highest BCUT2D eigenvalue weighted by atomic mass is 16.5. The van der Waals surface area contributed by atoms with Gasteiger partial charge in [0.05, 0.1) is 6.61 Å². The molecule has 0 bridgehead atoms. The highest BCUT2D eigenvalue weighted by Crippen LogP contribution is 2.61. The van der Waals surface area contributed by atoms with Crippen molar-refractivity contribution < 1.29 is 19.7 Å². The van der Waals surface area contributed by atoms with Gasteiger partial charge >= 0.3 is 5.97 Å². The van der Waals surface area contributed by atoms with E-state index in [-0.39, 0.29) is 24.1 Å². The molecule has 4 heteroatoms. The third-order valence-corrected chi connectivity index (χ3v) is 6.95. The topological polar surface area (TPSA) is 66.8 Å². The molecule has 3 aliphatic carbocycles. The van der Waals surface area contributed by atoms with E-state index in [4.69, 9.17) is 4.74 Å². The molecule has 2 fully saturated rings. The van der Waals surface area contributed by atoms with Gasteiger partial charge in [-0.1, -0.05) is 6.07 Å². The SMILES string of the molecule is CC(=O)O[C@H]1CC[C@H]2[C@@H]3CCc4cc(O)ccc4[C@H]3CC[C@]12CO. The van der Waals surface area contributed by atoms with E-state index >= 15 is 0 Å². The van der Waals surface area contributed by atoms with Crippen LogP contribution in [0.25, 0.3) is 0 Å². The molecule has 3 aliphatic rings. The van der Waals surface area contributed by atoms with Gasteiger partial charge in [-0.05, 0) is 79.5 Å². The van der Waals surface area contributed by atoms with Crippen LogP contribution in [0.3, 0.4) is 0 Å². The van der Waals surface area contributed by atoms with Gasteiger partial charge in [0.25, 0.3) is 0 Å². The summed E-state index contributed by atoms with van der Waals surface area (Å²) in [6, 6.07) is 5.80. The van der Waals surface area contributed by atoms with Crippen LogP contribution in [0, 0.1) is 17.3 Å². The number of hydrogen-bond donors (Lipinski definition) is 2. The number of aromatic hydroxyl groups is 1. The second kappa shape index (κ2) is 5.76. The van der Waals surface area contributed by atoms with E-state index in [2.05, 4.69) is 6.07 Å². The molecule has 0 saturated heterocycles. The Labute approximate surface area is 142 Å². The van der Waals surface area contributed by atoms with Crippen LogP contribution in [-0.2, 0) is 16.0 Å². The van der Waals surface area contributed by atoms with Gasteiger partial charge in [0, 0.05) is 12.3 Å². The predicted molar refractivity (Wildman–Crippen MR) is 89.7 cm³/mol. The lowest BCUT2D eigenvalue weighted by Crippen LogP contribution is -2.49. The summed E-state index contributed by atoms with van der Waals surface area (Å²) >= 11 is 0. The number of carbonyl (C=O) groups is 1. The molecule has 24 heavy (non-hydrogen) atoms. The van der Waals surface area contributed by atoms with Crippen LogP contribution in [0.2, 0.25) is 0 Å². The fourth-order valence-electron chi connectivity index (χ4n) is 6.01. The van der Waals surface area contributed by atoms with E-state index < -0.39 is 0 Å². The average Bonchev–Trinajstić information content (AvgIpc) is 2.92. The molecule has 0 aromatic heterocycles. The maximum atomic E-state index is 11.5. The second-order valence-electron chi connectivity index (χ2n) is 7.90. The molecule has 0 unspecified atom stereocenters. The van der Waals surface area contributed by atoms with Crippen LogP contribution in [-0.4, -0.2) is 28.9 Å². The van der Waals surface area contributed by atoms with E-state index in [9.17, 15) is 15.0 Å². The predicted octanol–water partition coefficient (Wildman–Crippen LogP) is 3.15. The Hall–Kier alpha value is -1.55.